The number of aromatic nitrogens is 2. The summed E-state index contributed by atoms with van der Waals surface area (Å²) < 4.78 is 0. The summed E-state index contributed by atoms with van der Waals surface area (Å²) in [5, 5.41) is 13.4. The van der Waals surface area contributed by atoms with E-state index in [0.717, 1.165) is 25.0 Å². The van der Waals surface area contributed by atoms with Gasteiger partial charge in [-0.1, -0.05) is 18.7 Å². The Bertz CT molecular complexity index is 508. The molecule has 6 heteroatoms. The molecule has 1 heterocycles. The lowest BCUT2D eigenvalue weighted by atomic mass is 9.91. The number of H-pyrrole nitrogens is 1. The third-order valence-corrected chi connectivity index (χ3v) is 3.99. The minimum absolute atomic E-state index is 0.135. The molecule has 0 radical (unpaired) electrons. The number of rotatable bonds is 8. The van der Waals surface area contributed by atoms with Gasteiger partial charge < -0.3 is 4.98 Å². The zero-order chi connectivity index (χ0) is 15.0. The summed E-state index contributed by atoms with van der Waals surface area (Å²) in [6.45, 7) is 6.13. The highest BCUT2D eigenvalue weighted by atomic mass is 32.2. The van der Waals surface area contributed by atoms with Gasteiger partial charge in [-0.25, -0.2) is 4.98 Å². The summed E-state index contributed by atoms with van der Waals surface area (Å²) >= 11 is 1.51. The fourth-order valence-corrected chi connectivity index (χ4v) is 2.83. The highest BCUT2D eigenvalue weighted by Gasteiger charge is 2.27. The van der Waals surface area contributed by atoms with Gasteiger partial charge in [0.1, 0.15) is 5.54 Å². The number of hydrogen-bond acceptors (Lipinski definition) is 5. The molecule has 20 heavy (non-hydrogen) atoms. The molecule has 0 amide bonds. The molecule has 5 nitrogen and oxygen atoms in total. The lowest BCUT2D eigenvalue weighted by molar-refractivity contribution is 0.341. The molecule has 0 bridgehead atoms. The highest BCUT2D eigenvalue weighted by Crippen LogP contribution is 2.21. The lowest BCUT2D eigenvalue weighted by Crippen LogP contribution is -2.47. The van der Waals surface area contributed by atoms with Gasteiger partial charge in [-0.3, -0.25) is 10.1 Å². The maximum Gasteiger partial charge on any atom is 0.251 e. The number of nitrogens with zero attached hydrogens (tertiary/aromatic N) is 2. The van der Waals surface area contributed by atoms with Crippen molar-refractivity contribution in [3.63, 3.8) is 0 Å². The lowest BCUT2D eigenvalue weighted by Gasteiger charge is -2.29. The van der Waals surface area contributed by atoms with Gasteiger partial charge in [-0.15, -0.1) is 0 Å². The van der Waals surface area contributed by atoms with Crippen molar-refractivity contribution in [1.82, 2.24) is 15.3 Å². The van der Waals surface area contributed by atoms with Gasteiger partial charge >= 0.3 is 0 Å². The Kier molecular flexibility index (Phi) is 6.76. The SMILES string of the molecule is CCC(C#N)(CCCSc1nccc(=O)[nH]1)NC(C)C. The summed E-state index contributed by atoms with van der Waals surface area (Å²) in [4.78, 5) is 17.9. The second-order valence-electron chi connectivity index (χ2n) is 5.04. The van der Waals surface area contributed by atoms with Crippen LogP contribution in [0.15, 0.2) is 22.2 Å². The van der Waals surface area contributed by atoms with Crippen molar-refractivity contribution in [2.24, 2.45) is 0 Å². The Morgan fingerprint density at radius 3 is 2.90 bits per heavy atom. The number of nitrogens with one attached hydrogen (secondary N) is 2. The average molecular weight is 294 g/mol. The van der Waals surface area contributed by atoms with Crippen molar-refractivity contribution in [1.29, 1.82) is 5.26 Å². The third kappa shape index (κ3) is 5.35. The number of thioether (sulfide) groups is 1. The number of hydrogen-bond donors (Lipinski definition) is 2. The van der Waals surface area contributed by atoms with Crippen molar-refractivity contribution in [2.45, 2.75) is 56.8 Å². The molecule has 0 saturated heterocycles. The predicted octanol–water partition coefficient (Wildman–Crippen LogP) is 2.31. The van der Waals surface area contributed by atoms with Crippen molar-refractivity contribution in [3.8, 4) is 6.07 Å². The maximum atomic E-state index is 11.1. The van der Waals surface area contributed by atoms with Crippen LogP contribution in [0.3, 0.4) is 0 Å². The standard InChI is InChI=1S/C14H22N4OS/c1-4-14(10-15,18-11(2)3)7-5-9-20-13-16-8-6-12(19)17-13/h6,8,11,18H,4-5,7,9H2,1-3H3,(H,16,17,19). The van der Waals surface area contributed by atoms with Gasteiger partial charge in [0.2, 0.25) is 0 Å². The first-order chi connectivity index (χ1) is 9.51. The van der Waals surface area contributed by atoms with E-state index in [0.29, 0.717) is 5.16 Å². The number of nitriles is 1. The molecule has 0 fully saturated rings. The minimum Gasteiger partial charge on any atom is -0.301 e. The van der Waals surface area contributed by atoms with Crippen LogP contribution in [0.5, 0.6) is 0 Å². The molecule has 1 aromatic heterocycles. The smallest absolute Gasteiger partial charge is 0.251 e. The molecule has 0 spiro atoms. The summed E-state index contributed by atoms with van der Waals surface area (Å²) in [6.07, 6.45) is 3.98. The summed E-state index contributed by atoms with van der Waals surface area (Å²) in [7, 11) is 0. The largest absolute Gasteiger partial charge is 0.301 e. The highest BCUT2D eigenvalue weighted by molar-refractivity contribution is 7.99. The van der Waals surface area contributed by atoms with Gasteiger partial charge in [0, 0.05) is 24.1 Å². The van der Waals surface area contributed by atoms with E-state index in [1.165, 1.54) is 24.0 Å². The Hall–Kier alpha value is -1.32. The van der Waals surface area contributed by atoms with E-state index in [1.54, 1.807) is 0 Å². The predicted molar refractivity (Wildman–Crippen MR) is 81.7 cm³/mol. The van der Waals surface area contributed by atoms with Crippen LogP contribution in [0.2, 0.25) is 0 Å². The molecule has 0 aliphatic rings. The summed E-state index contributed by atoms with van der Waals surface area (Å²) in [6, 6.07) is 4.09. The van der Waals surface area contributed by atoms with E-state index in [9.17, 15) is 10.1 Å². The third-order valence-electron chi connectivity index (χ3n) is 3.02. The summed E-state index contributed by atoms with van der Waals surface area (Å²) in [5.74, 6) is 0.830. The van der Waals surface area contributed by atoms with Crippen molar-refractivity contribution < 1.29 is 0 Å². The van der Waals surface area contributed by atoms with Crippen molar-refractivity contribution in [2.75, 3.05) is 5.75 Å². The molecule has 0 aliphatic heterocycles. The Morgan fingerprint density at radius 1 is 1.60 bits per heavy atom. The first-order valence-electron chi connectivity index (χ1n) is 6.88. The first-order valence-corrected chi connectivity index (χ1v) is 7.87. The fourth-order valence-electron chi connectivity index (χ4n) is 2.04. The molecular formula is C14H22N4OS. The van der Waals surface area contributed by atoms with Crippen LogP contribution in [0.25, 0.3) is 0 Å². The molecular weight excluding hydrogens is 272 g/mol. The molecule has 0 aliphatic carbocycles. The van der Waals surface area contributed by atoms with Crippen LogP contribution in [-0.2, 0) is 0 Å². The van der Waals surface area contributed by atoms with Gasteiger partial charge in [-0.2, -0.15) is 5.26 Å². The van der Waals surface area contributed by atoms with Crippen molar-refractivity contribution in [3.05, 3.63) is 22.6 Å². The summed E-state index contributed by atoms with van der Waals surface area (Å²) in [5.41, 5.74) is -0.587. The molecule has 0 aromatic carbocycles. The van der Waals surface area contributed by atoms with Crippen LogP contribution in [0, 0.1) is 11.3 Å². The quantitative estimate of drug-likeness (QED) is 0.437. The van der Waals surface area contributed by atoms with Crippen LogP contribution in [0.4, 0.5) is 0 Å². The zero-order valence-corrected chi connectivity index (χ0v) is 13.1. The normalized spacial score (nSPS) is 13.9. The molecule has 2 N–H and O–H groups in total. The topological polar surface area (TPSA) is 81.6 Å². The Balaban J connectivity index is 2.45. The van der Waals surface area contributed by atoms with Crippen LogP contribution in [0.1, 0.15) is 40.0 Å². The van der Waals surface area contributed by atoms with Crippen molar-refractivity contribution >= 4 is 11.8 Å². The maximum absolute atomic E-state index is 11.1. The van der Waals surface area contributed by atoms with E-state index in [4.69, 9.17) is 0 Å². The zero-order valence-electron chi connectivity index (χ0n) is 12.3. The molecule has 0 saturated carbocycles. The minimum atomic E-state index is -0.452. The molecule has 1 rings (SSSR count). The molecule has 1 aromatic rings. The second-order valence-corrected chi connectivity index (χ2v) is 6.12. The van der Waals surface area contributed by atoms with E-state index < -0.39 is 5.54 Å². The van der Waals surface area contributed by atoms with E-state index in [2.05, 4.69) is 35.2 Å². The second kappa shape index (κ2) is 8.08. The molecule has 110 valence electrons. The van der Waals surface area contributed by atoms with E-state index >= 15 is 0 Å². The Morgan fingerprint density at radius 2 is 2.35 bits per heavy atom. The van der Waals surface area contributed by atoms with Gasteiger partial charge in [0.05, 0.1) is 6.07 Å². The van der Waals surface area contributed by atoms with Crippen LogP contribution in [-0.4, -0.2) is 27.3 Å². The van der Waals surface area contributed by atoms with Gasteiger partial charge in [0.25, 0.3) is 5.56 Å². The molecule has 1 unspecified atom stereocenters. The fraction of sp³-hybridized carbons (Fsp3) is 0.643. The van der Waals surface area contributed by atoms with E-state index in [-0.39, 0.29) is 11.6 Å². The Labute approximate surface area is 124 Å². The average Bonchev–Trinajstić information content (AvgIpc) is 2.42. The number of aromatic amines is 1. The van der Waals surface area contributed by atoms with Gasteiger partial charge in [-0.05, 0) is 33.1 Å². The monoisotopic (exact) mass is 294 g/mol. The van der Waals surface area contributed by atoms with Gasteiger partial charge in [0.15, 0.2) is 5.16 Å². The van der Waals surface area contributed by atoms with Crippen LogP contribution < -0.4 is 10.9 Å². The van der Waals surface area contributed by atoms with E-state index in [1.807, 2.05) is 6.92 Å². The first kappa shape index (κ1) is 16.7. The van der Waals surface area contributed by atoms with Crippen LogP contribution >= 0.6 is 11.8 Å². The molecule has 1 atom stereocenters.